The highest BCUT2D eigenvalue weighted by molar-refractivity contribution is 7.89. The standard InChI is InChI=1S/C13H11FN2O2S2/c1-9-2-3-11(19-9)8-16-20(17,18)12-4-5-13(14)10(6-12)7-15/h2-6,16H,8H2,1H3. The monoisotopic (exact) mass is 310 g/mol. The summed E-state index contributed by atoms with van der Waals surface area (Å²) in [6.45, 7) is 2.10. The number of aryl methyl sites for hydroxylation is 1. The molecule has 0 radical (unpaired) electrons. The lowest BCUT2D eigenvalue weighted by Gasteiger charge is -2.06. The molecule has 0 saturated carbocycles. The van der Waals surface area contributed by atoms with Gasteiger partial charge in [0.25, 0.3) is 0 Å². The van der Waals surface area contributed by atoms with Gasteiger partial charge in [-0.25, -0.2) is 17.5 Å². The Morgan fingerprint density at radius 3 is 2.70 bits per heavy atom. The Hall–Kier alpha value is -1.75. The van der Waals surface area contributed by atoms with Crippen molar-refractivity contribution in [1.29, 1.82) is 5.26 Å². The van der Waals surface area contributed by atoms with Crippen molar-refractivity contribution in [3.05, 3.63) is 51.5 Å². The van der Waals surface area contributed by atoms with Gasteiger partial charge in [-0.3, -0.25) is 0 Å². The van der Waals surface area contributed by atoms with Crippen molar-refractivity contribution in [2.75, 3.05) is 0 Å². The predicted molar refractivity (Wildman–Crippen MR) is 74.2 cm³/mol. The summed E-state index contributed by atoms with van der Waals surface area (Å²) >= 11 is 1.49. The molecule has 7 heteroatoms. The molecular weight excluding hydrogens is 299 g/mol. The first-order valence-electron chi connectivity index (χ1n) is 5.67. The number of rotatable bonds is 4. The third-order valence-corrected chi connectivity index (χ3v) is 5.00. The maximum absolute atomic E-state index is 13.2. The van der Waals surface area contributed by atoms with Gasteiger partial charge in [0.1, 0.15) is 11.9 Å². The Kier molecular flexibility index (Phi) is 4.18. The van der Waals surface area contributed by atoms with Crippen molar-refractivity contribution < 1.29 is 12.8 Å². The highest BCUT2D eigenvalue weighted by Gasteiger charge is 2.16. The van der Waals surface area contributed by atoms with Crippen molar-refractivity contribution >= 4 is 21.4 Å². The number of thiophene rings is 1. The number of nitriles is 1. The van der Waals surface area contributed by atoms with Crippen molar-refractivity contribution in [1.82, 2.24) is 4.72 Å². The van der Waals surface area contributed by atoms with Gasteiger partial charge in [-0.1, -0.05) is 0 Å². The van der Waals surface area contributed by atoms with Crippen molar-refractivity contribution in [2.24, 2.45) is 0 Å². The summed E-state index contributed by atoms with van der Waals surface area (Å²) in [5.74, 6) is -0.736. The van der Waals surface area contributed by atoms with E-state index in [1.54, 1.807) is 6.07 Å². The lowest BCUT2D eigenvalue weighted by atomic mass is 10.2. The smallest absolute Gasteiger partial charge is 0.207 e. The van der Waals surface area contributed by atoms with Crippen LogP contribution in [0.15, 0.2) is 35.2 Å². The lowest BCUT2D eigenvalue weighted by molar-refractivity contribution is 0.580. The third kappa shape index (κ3) is 3.22. The second-order valence-electron chi connectivity index (χ2n) is 4.09. The second kappa shape index (κ2) is 5.71. The summed E-state index contributed by atoms with van der Waals surface area (Å²) in [5.41, 5.74) is -0.292. The fourth-order valence-electron chi connectivity index (χ4n) is 1.59. The van der Waals surface area contributed by atoms with Crippen LogP contribution in [0.1, 0.15) is 15.3 Å². The Morgan fingerprint density at radius 2 is 2.10 bits per heavy atom. The van der Waals surface area contributed by atoms with E-state index in [1.807, 2.05) is 19.1 Å². The molecule has 0 aliphatic heterocycles. The van der Waals surface area contributed by atoms with E-state index >= 15 is 0 Å². The van der Waals surface area contributed by atoms with E-state index in [-0.39, 0.29) is 17.0 Å². The summed E-state index contributed by atoms with van der Waals surface area (Å²) < 4.78 is 39.7. The van der Waals surface area contributed by atoms with Crippen LogP contribution in [0, 0.1) is 24.1 Å². The predicted octanol–water partition coefficient (Wildman–Crippen LogP) is 2.55. The SMILES string of the molecule is Cc1ccc(CNS(=O)(=O)c2ccc(F)c(C#N)c2)s1. The molecule has 1 aromatic heterocycles. The topological polar surface area (TPSA) is 70.0 Å². The number of hydrogen-bond donors (Lipinski definition) is 1. The number of nitrogens with one attached hydrogen (secondary N) is 1. The van der Waals surface area contributed by atoms with Crippen LogP contribution >= 0.6 is 11.3 Å². The number of benzene rings is 1. The van der Waals surface area contributed by atoms with Crippen LogP contribution < -0.4 is 4.72 Å². The van der Waals surface area contributed by atoms with Gasteiger partial charge < -0.3 is 0 Å². The van der Waals surface area contributed by atoms with Crippen LogP contribution in [-0.2, 0) is 16.6 Å². The van der Waals surface area contributed by atoms with Crippen LogP contribution in [0.4, 0.5) is 4.39 Å². The summed E-state index contributed by atoms with van der Waals surface area (Å²) in [6, 6.07) is 8.50. The van der Waals surface area contributed by atoms with Gasteiger partial charge >= 0.3 is 0 Å². The second-order valence-corrected chi connectivity index (χ2v) is 7.23. The molecule has 0 aliphatic carbocycles. The maximum atomic E-state index is 13.2. The molecule has 0 fully saturated rings. The number of sulfonamides is 1. The Morgan fingerprint density at radius 1 is 1.35 bits per heavy atom. The first-order chi connectivity index (χ1) is 9.42. The van der Waals surface area contributed by atoms with Gasteiger partial charge in [0.15, 0.2) is 0 Å². The molecule has 104 valence electrons. The van der Waals surface area contributed by atoms with E-state index in [0.717, 1.165) is 28.0 Å². The van der Waals surface area contributed by atoms with E-state index in [2.05, 4.69) is 4.72 Å². The summed E-state index contributed by atoms with van der Waals surface area (Å²) in [6.07, 6.45) is 0. The van der Waals surface area contributed by atoms with E-state index < -0.39 is 15.8 Å². The molecular formula is C13H11FN2O2S2. The molecule has 0 amide bonds. The lowest BCUT2D eigenvalue weighted by Crippen LogP contribution is -2.23. The van der Waals surface area contributed by atoms with E-state index in [0.29, 0.717) is 0 Å². The van der Waals surface area contributed by atoms with Crippen LogP contribution in [-0.4, -0.2) is 8.42 Å². The minimum atomic E-state index is -3.76. The molecule has 1 N–H and O–H groups in total. The van der Waals surface area contributed by atoms with Crippen LogP contribution in [0.3, 0.4) is 0 Å². The van der Waals surface area contributed by atoms with Crippen molar-refractivity contribution in [3.63, 3.8) is 0 Å². The summed E-state index contributed by atoms with van der Waals surface area (Å²) in [7, 11) is -3.76. The van der Waals surface area contributed by atoms with Crippen LogP contribution in [0.2, 0.25) is 0 Å². The van der Waals surface area contributed by atoms with E-state index in [4.69, 9.17) is 5.26 Å². The van der Waals surface area contributed by atoms with Crippen LogP contribution in [0.5, 0.6) is 0 Å². The molecule has 1 aromatic carbocycles. The van der Waals surface area contributed by atoms with Gasteiger partial charge in [0.05, 0.1) is 10.5 Å². The van der Waals surface area contributed by atoms with Gasteiger partial charge in [0.2, 0.25) is 10.0 Å². The highest BCUT2D eigenvalue weighted by atomic mass is 32.2. The molecule has 0 aliphatic rings. The van der Waals surface area contributed by atoms with E-state index in [1.165, 1.54) is 11.3 Å². The van der Waals surface area contributed by atoms with Gasteiger partial charge in [-0.15, -0.1) is 11.3 Å². The first-order valence-corrected chi connectivity index (χ1v) is 7.97. The fraction of sp³-hybridized carbons (Fsp3) is 0.154. The van der Waals surface area contributed by atoms with E-state index in [9.17, 15) is 12.8 Å². The van der Waals surface area contributed by atoms with Crippen LogP contribution in [0.25, 0.3) is 0 Å². The molecule has 0 atom stereocenters. The Balaban J connectivity index is 2.20. The zero-order chi connectivity index (χ0) is 14.8. The summed E-state index contributed by atoms with van der Waals surface area (Å²) in [5, 5.41) is 8.72. The largest absolute Gasteiger partial charge is 0.240 e. The molecule has 1 heterocycles. The summed E-state index contributed by atoms with van der Waals surface area (Å²) in [4.78, 5) is 1.85. The molecule has 20 heavy (non-hydrogen) atoms. The average Bonchev–Trinajstić information content (AvgIpc) is 2.83. The van der Waals surface area contributed by atoms with Crippen molar-refractivity contribution in [3.8, 4) is 6.07 Å². The molecule has 0 bridgehead atoms. The molecule has 0 saturated heterocycles. The van der Waals surface area contributed by atoms with Gasteiger partial charge in [-0.2, -0.15) is 5.26 Å². The van der Waals surface area contributed by atoms with Gasteiger partial charge in [0, 0.05) is 16.3 Å². The Labute approximate surface area is 120 Å². The zero-order valence-electron chi connectivity index (χ0n) is 10.6. The average molecular weight is 310 g/mol. The number of hydrogen-bond acceptors (Lipinski definition) is 4. The number of nitrogens with zero attached hydrogens (tertiary/aromatic N) is 1. The quantitative estimate of drug-likeness (QED) is 0.943. The Bertz CT molecular complexity index is 776. The fourth-order valence-corrected chi connectivity index (χ4v) is 3.54. The molecule has 2 rings (SSSR count). The third-order valence-electron chi connectivity index (χ3n) is 2.60. The van der Waals surface area contributed by atoms with Gasteiger partial charge in [-0.05, 0) is 37.3 Å². The molecule has 0 unspecified atom stereocenters. The number of halogens is 1. The zero-order valence-corrected chi connectivity index (χ0v) is 12.2. The normalized spacial score (nSPS) is 11.2. The molecule has 0 spiro atoms. The molecule has 2 aromatic rings. The molecule has 4 nitrogen and oxygen atoms in total. The first kappa shape index (κ1) is 14.7. The minimum absolute atomic E-state index is 0.122. The maximum Gasteiger partial charge on any atom is 0.240 e. The highest BCUT2D eigenvalue weighted by Crippen LogP contribution is 2.17. The minimum Gasteiger partial charge on any atom is -0.207 e. The van der Waals surface area contributed by atoms with Crippen molar-refractivity contribution in [2.45, 2.75) is 18.4 Å².